The first kappa shape index (κ1) is 21.8. The van der Waals surface area contributed by atoms with E-state index in [1.165, 1.54) is 11.3 Å². The third-order valence-electron chi connectivity index (χ3n) is 5.03. The summed E-state index contributed by atoms with van der Waals surface area (Å²) >= 11 is 1.37. The highest BCUT2D eigenvalue weighted by Gasteiger charge is 2.28. The Hall–Kier alpha value is -2.94. The molecule has 1 aliphatic rings. The molecule has 8 nitrogen and oxygen atoms in total. The Labute approximate surface area is 180 Å². The molecule has 0 bridgehead atoms. The largest absolute Gasteiger partial charge is 0.342 e. The number of amides is 4. The van der Waals surface area contributed by atoms with Crippen LogP contribution < -0.4 is 10.6 Å². The normalized spacial score (nSPS) is 16.0. The molecular weight excluding hydrogens is 402 g/mol. The van der Waals surface area contributed by atoms with Gasteiger partial charge in [0.15, 0.2) is 5.13 Å². The molecule has 1 aliphatic heterocycles. The van der Waals surface area contributed by atoms with Crippen molar-refractivity contribution in [2.45, 2.75) is 25.8 Å². The highest BCUT2D eigenvalue weighted by molar-refractivity contribution is 7.13. The molecule has 1 aromatic heterocycles. The van der Waals surface area contributed by atoms with Gasteiger partial charge in [0, 0.05) is 51.2 Å². The zero-order valence-electron chi connectivity index (χ0n) is 17.0. The zero-order valence-corrected chi connectivity index (χ0v) is 17.9. The monoisotopic (exact) mass is 429 g/mol. The summed E-state index contributed by atoms with van der Waals surface area (Å²) in [6.45, 7) is 1.81. The smallest absolute Gasteiger partial charge is 0.317 e. The second-order valence-corrected chi connectivity index (χ2v) is 8.22. The number of anilines is 1. The first-order valence-electron chi connectivity index (χ1n) is 10.0. The maximum absolute atomic E-state index is 12.5. The highest BCUT2D eigenvalue weighted by atomic mass is 32.1. The third kappa shape index (κ3) is 6.28. The molecule has 0 aliphatic carbocycles. The van der Waals surface area contributed by atoms with Crippen LogP contribution >= 0.6 is 11.3 Å². The summed E-state index contributed by atoms with van der Waals surface area (Å²) in [6.07, 6.45) is 3.39. The van der Waals surface area contributed by atoms with E-state index in [-0.39, 0.29) is 36.7 Å². The minimum Gasteiger partial charge on any atom is -0.342 e. The van der Waals surface area contributed by atoms with Gasteiger partial charge in [0.1, 0.15) is 0 Å². The van der Waals surface area contributed by atoms with Gasteiger partial charge >= 0.3 is 6.03 Å². The lowest BCUT2D eigenvalue weighted by Crippen LogP contribution is -2.45. The van der Waals surface area contributed by atoms with Crippen LogP contribution in [0.3, 0.4) is 0 Å². The molecule has 1 fully saturated rings. The number of likely N-dealkylation sites (tertiary alicyclic amines) is 1. The predicted molar refractivity (Wildman–Crippen MR) is 116 cm³/mol. The van der Waals surface area contributed by atoms with Crippen LogP contribution in [0.15, 0.2) is 41.9 Å². The SMILES string of the molecule is CN(Cc1ccccc1)C(=O)NCCC(=O)N1CCCC(C(=O)Nc2nccs2)C1. The maximum Gasteiger partial charge on any atom is 0.317 e. The van der Waals surface area contributed by atoms with E-state index in [0.29, 0.717) is 24.8 Å². The van der Waals surface area contributed by atoms with Gasteiger partial charge in [0.05, 0.1) is 5.92 Å². The van der Waals surface area contributed by atoms with Crippen LogP contribution in [0.1, 0.15) is 24.8 Å². The molecule has 1 aromatic carbocycles. The molecule has 0 radical (unpaired) electrons. The molecule has 1 unspecified atom stereocenters. The fraction of sp³-hybridized carbons (Fsp3) is 0.429. The molecule has 0 spiro atoms. The van der Waals surface area contributed by atoms with Crippen molar-refractivity contribution in [2.24, 2.45) is 5.92 Å². The Morgan fingerprint density at radius 3 is 2.80 bits per heavy atom. The van der Waals surface area contributed by atoms with E-state index >= 15 is 0 Å². The molecule has 1 atom stereocenters. The van der Waals surface area contributed by atoms with Gasteiger partial charge in [-0.25, -0.2) is 9.78 Å². The fourth-order valence-electron chi connectivity index (χ4n) is 3.41. The lowest BCUT2D eigenvalue weighted by Gasteiger charge is -2.32. The van der Waals surface area contributed by atoms with Crippen molar-refractivity contribution in [3.05, 3.63) is 47.5 Å². The van der Waals surface area contributed by atoms with Crippen LogP contribution in [0.4, 0.5) is 9.93 Å². The zero-order chi connectivity index (χ0) is 21.3. The first-order chi connectivity index (χ1) is 14.5. The lowest BCUT2D eigenvalue weighted by atomic mass is 9.97. The summed E-state index contributed by atoms with van der Waals surface area (Å²) in [6, 6.07) is 9.51. The van der Waals surface area contributed by atoms with Crippen LogP contribution in [0.5, 0.6) is 0 Å². The van der Waals surface area contributed by atoms with E-state index in [1.54, 1.807) is 28.4 Å². The Bertz CT molecular complexity index is 844. The minimum atomic E-state index is -0.238. The maximum atomic E-state index is 12.5. The number of rotatable bonds is 7. The van der Waals surface area contributed by atoms with Gasteiger partial charge in [-0.3, -0.25) is 9.59 Å². The van der Waals surface area contributed by atoms with Crippen molar-refractivity contribution >= 4 is 34.3 Å². The Morgan fingerprint density at radius 2 is 2.07 bits per heavy atom. The van der Waals surface area contributed by atoms with E-state index in [2.05, 4.69) is 15.6 Å². The Balaban J connectivity index is 1.39. The van der Waals surface area contributed by atoms with Gasteiger partial charge in [-0.05, 0) is 18.4 Å². The third-order valence-corrected chi connectivity index (χ3v) is 5.72. The van der Waals surface area contributed by atoms with Crippen molar-refractivity contribution in [1.29, 1.82) is 0 Å². The Morgan fingerprint density at radius 1 is 1.27 bits per heavy atom. The summed E-state index contributed by atoms with van der Waals surface area (Å²) in [5.74, 6) is -0.385. The number of aromatic nitrogens is 1. The second-order valence-electron chi connectivity index (χ2n) is 7.33. The number of piperidine rings is 1. The van der Waals surface area contributed by atoms with Gasteiger partial charge < -0.3 is 20.4 Å². The fourth-order valence-corrected chi connectivity index (χ4v) is 3.94. The summed E-state index contributed by atoms with van der Waals surface area (Å²) in [5.41, 5.74) is 1.04. The number of carbonyl (C=O) groups excluding carboxylic acids is 3. The van der Waals surface area contributed by atoms with Crippen LogP contribution in [-0.2, 0) is 16.1 Å². The van der Waals surface area contributed by atoms with Crippen LogP contribution in [0, 0.1) is 5.92 Å². The number of hydrogen-bond donors (Lipinski definition) is 2. The van der Waals surface area contributed by atoms with Gasteiger partial charge in [-0.15, -0.1) is 11.3 Å². The van der Waals surface area contributed by atoms with Gasteiger partial charge in [0.25, 0.3) is 0 Å². The van der Waals surface area contributed by atoms with Crippen LogP contribution in [-0.4, -0.2) is 59.3 Å². The molecule has 1 saturated heterocycles. The molecule has 9 heteroatoms. The molecule has 3 rings (SSSR count). The number of nitrogens with one attached hydrogen (secondary N) is 2. The quantitative estimate of drug-likeness (QED) is 0.707. The van der Waals surface area contributed by atoms with Crippen molar-refractivity contribution in [3.63, 3.8) is 0 Å². The topological polar surface area (TPSA) is 94.6 Å². The van der Waals surface area contributed by atoms with E-state index in [4.69, 9.17) is 0 Å². The average Bonchev–Trinajstić information content (AvgIpc) is 3.27. The molecule has 160 valence electrons. The number of hydrogen-bond acceptors (Lipinski definition) is 5. The summed E-state index contributed by atoms with van der Waals surface area (Å²) in [7, 11) is 1.72. The average molecular weight is 430 g/mol. The highest BCUT2D eigenvalue weighted by Crippen LogP contribution is 2.20. The molecule has 4 amide bonds. The summed E-state index contributed by atoms with van der Waals surface area (Å²) in [4.78, 5) is 44.6. The molecule has 2 N–H and O–H groups in total. The molecule has 2 heterocycles. The summed E-state index contributed by atoms with van der Waals surface area (Å²) in [5, 5.41) is 7.98. The number of benzene rings is 1. The van der Waals surface area contributed by atoms with Crippen LogP contribution in [0.25, 0.3) is 0 Å². The van der Waals surface area contributed by atoms with Gasteiger partial charge in [-0.2, -0.15) is 0 Å². The van der Waals surface area contributed by atoms with E-state index < -0.39 is 0 Å². The van der Waals surface area contributed by atoms with Gasteiger partial charge in [-0.1, -0.05) is 30.3 Å². The molecular formula is C21H27N5O3S. The Kier molecular flexibility index (Phi) is 7.78. The molecule has 2 aromatic rings. The van der Waals surface area contributed by atoms with E-state index in [1.807, 2.05) is 30.3 Å². The van der Waals surface area contributed by atoms with Crippen molar-refractivity contribution in [2.75, 3.05) is 32.0 Å². The molecule has 30 heavy (non-hydrogen) atoms. The predicted octanol–water partition coefficient (Wildman–Crippen LogP) is 2.55. The van der Waals surface area contributed by atoms with Crippen molar-refractivity contribution < 1.29 is 14.4 Å². The number of urea groups is 1. The van der Waals surface area contributed by atoms with Crippen molar-refractivity contribution in [1.82, 2.24) is 20.1 Å². The lowest BCUT2D eigenvalue weighted by molar-refractivity contribution is -0.134. The number of nitrogens with zero attached hydrogens (tertiary/aromatic N) is 3. The van der Waals surface area contributed by atoms with Crippen molar-refractivity contribution in [3.8, 4) is 0 Å². The molecule has 0 saturated carbocycles. The van der Waals surface area contributed by atoms with Crippen LogP contribution in [0.2, 0.25) is 0 Å². The summed E-state index contributed by atoms with van der Waals surface area (Å²) < 4.78 is 0. The van der Waals surface area contributed by atoms with Gasteiger partial charge in [0.2, 0.25) is 11.8 Å². The van der Waals surface area contributed by atoms with E-state index in [9.17, 15) is 14.4 Å². The number of carbonyl (C=O) groups is 3. The van der Waals surface area contributed by atoms with E-state index in [0.717, 1.165) is 18.4 Å². The first-order valence-corrected chi connectivity index (χ1v) is 10.9. The standard InChI is InChI=1S/C21H27N5O3S/c1-25(14-16-6-3-2-4-7-16)21(29)23-10-9-18(27)26-12-5-8-17(15-26)19(28)24-20-22-11-13-30-20/h2-4,6-7,11,13,17H,5,8-10,12,14-15H2,1H3,(H,23,29)(H,22,24,28). The number of thiazole rings is 1. The second kappa shape index (κ2) is 10.7. The minimum absolute atomic E-state index is 0.0484.